The molecule has 0 bridgehead atoms. The molecule has 2 aromatic carbocycles. The molecule has 0 spiro atoms. The Kier molecular flexibility index (Phi) is 4.59. The molecule has 0 amide bonds. The van der Waals surface area contributed by atoms with Gasteiger partial charge in [-0.2, -0.15) is 0 Å². The summed E-state index contributed by atoms with van der Waals surface area (Å²) in [6, 6.07) is 5.72. The Bertz CT molecular complexity index is 687. The number of nitro groups is 1. The van der Waals surface area contributed by atoms with Gasteiger partial charge in [0.25, 0.3) is 0 Å². The lowest BCUT2D eigenvalue weighted by Crippen LogP contribution is -1.98. The van der Waals surface area contributed by atoms with Gasteiger partial charge < -0.3 is 4.74 Å². The molecule has 2 aromatic rings. The van der Waals surface area contributed by atoms with E-state index in [9.17, 15) is 18.9 Å². The topological polar surface area (TPSA) is 52.4 Å². The van der Waals surface area contributed by atoms with E-state index in [-0.39, 0.29) is 16.5 Å². The Balaban J connectivity index is 2.51. The van der Waals surface area contributed by atoms with Gasteiger partial charge in [0.15, 0.2) is 17.4 Å². The van der Waals surface area contributed by atoms with Crippen molar-refractivity contribution in [2.24, 2.45) is 0 Å². The number of alkyl halides is 1. The molecule has 0 aromatic heterocycles. The average molecular weight is 334 g/mol. The summed E-state index contributed by atoms with van der Waals surface area (Å²) in [5.74, 6) is -3.35. The molecule has 0 saturated heterocycles. The second-order valence-electron chi connectivity index (χ2n) is 3.97. The number of benzene rings is 2. The number of rotatable bonds is 4. The van der Waals surface area contributed by atoms with Crippen LogP contribution >= 0.6 is 23.2 Å². The van der Waals surface area contributed by atoms with Crippen molar-refractivity contribution < 1.29 is 18.4 Å². The molecule has 0 aliphatic rings. The lowest BCUT2D eigenvalue weighted by molar-refractivity contribution is -0.385. The number of hydrogen-bond acceptors (Lipinski definition) is 3. The molecule has 0 aliphatic carbocycles. The van der Waals surface area contributed by atoms with E-state index in [4.69, 9.17) is 27.9 Å². The SMILES string of the molecule is O=[N+]([O-])c1cccc(Cl)c1Oc1c(F)cc(CCl)cc1F. The Morgan fingerprint density at radius 1 is 1.19 bits per heavy atom. The summed E-state index contributed by atoms with van der Waals surface area (Å²) < 4.78 is 32.6. The Labute approximate surface area is 128 Å². The first-order valence-electron chi connectivity index (χ1n) is 5.58. The normalized spacial score (nSPS) is 10.5. The lowest BCUT2D eigenvalue weighted by Gasteiger charge is -2.10. The van der Waals surface area contributed by atoms with Crippen LogP contribution in [0.2, 0.25) is 5.02 Å². The zero-order valence-electron chi connectivity index (χ0n) is 10.3. The molecule has 21 heavy (non-hydrogen) atoms. The van der Waals surface area contributed by atoms with Crippen molar-refractivity contribution in [2.75, 3.05) is 0 Å². The Hall–Kier alpha value is -1.92. The number of hydrogen-bond donors (Lipinski definition) is 0. The van der Waals surface area contributed by atoms with Gasteiger partial charge in [-0.05, 0) is 23.8 Å². The van der Waals surface area contributed by atoms with Gasteiger partial charge in [-0.1, -0.05) is 17.7 Å². The first kappa shape index (κ1) is 15.5. The van der Waals surface area contributed by atoms with E-state index in [0.717, 1.165) is 18.2 Å². The van der Waals surface area contributed by atoms with E-state index in [1.807, 2.05) is 0 Å². The first-order valence-corrected chi connectivity index (χ1v) is 6.50. The second kappa shape index (κ2) is 6.24. The summed E-state index contributed by atoms with van der Waals surface area (Å²) in [5, 5.41) is 10.8. The van der Waals surface area contributed by atoms with Gasteiger partial charge in [-0.3, -0.25) is 10.1 Å². The largest absolute Gasteiger partial charge is 0.442 e. The number of nitro benzene ring substituents is 1. The summed E-state index contributed by atoms with van der Waals surface area (Å²) in [6.07, 6.45) is 0. The molecule has 0 unspecified atom stereocenters. The molecule has 8 heteroatoms. The van der Waals surface area contributed by atoms with E-state index >= 15 is 0 Å². The summed E-state index contributed by atoms with van der Waals surface area (Å²) >= 11 is 11.3. The van der Waals surface area contributed by atoms with E-state index in [2.05, 4.69) is 0 Å². The van der Waals surface area contributed by atoms with Gasteiger partial charge in [0.05, 0.1) is 9.95 Å². The van der Waals surface area contributed by atoms with Crippen molar-refractivity contribution in [2.45, 2.75) is 5.88 Å². The molecule has 4 nitrogen and oxygen atoms in total. The molecule has 0 aliphatic heterocycles. The number of ether oxygens (including phenoxy) is 1. The van der Waals surface area contributed by atoms with Gasteiger partial charge in [0.2, 0.25) is 5.75 Å². The zero-order chi connectivity index (χ0) is 15.6. The van der Waals surface area contributed by atoms with E-state index in [0.29, 0.717) is 0 Å². The summed E-state index contributed by atoms with van der Waals surface area (Å²) in [4.78, 5) is 10.1. The van der Waals surface area contributed by atoms with Crippen molar-refractivity contribution in [3.8, 4) is 11.5 Å². The fourth-order valence-electron chi connectivity index (χ4n) is 1.63. The molecular formula is C13H7Cl2F2NO3. The van der Waals surface area contributed by atoms with E-state index in [1.54, 1.807) is 0 Å². The van der Waals surface area contributed by atoms with Crippen LogP contribution in [0.4, 0.5) is 14.5 Å². The van der Waals surface area contributed by atoms with Crippen LogP contribution in [0.25, 0.3) is 0 Å². The molecule has 0 atom stereocenters. The molecule has 0 radical (unpaired) electrons. The second-order valence-corrected chi connectivity index (χ2v) is 4.64. The third kappa shape index (κ3) is 3.22. The summed E-state index contributed by atoms with van der Waals surface area (Å²) in [6.45, 7) is 0. The lowest BCUT2D eigenvalue weighted by atomic mass is 10.2. The van der Waals surface area contributed by atoms with E-state index in [1.165, 1.54) is 12.1 Å². The van der Waals surface area contributed by atoms with Crippen LogP contribution in [0.15, 0.2) is 30.3 Å². The van der Waals surface area contributed by atoms with Crippen molar-refractivity contribution >= 4 is 28.9 Å². The van der Waals surface area contributed by atoms with Crippen LogP contribution in [0.3, 0.4) is 0 Å². The molecular weight excluding hydrogens is 327 g/mol. The third-order valence-corrected chi connectivity index (χ3v) is 3.17. The molecule has 0 fully saturated rings. The van der Waals surface area contributed by atoms with Crippen molar-refractivity contribution in [1.82, 2.24) is 0 Å². The molecule has 0 N–H and O–H groups in total. The van der Waals surface area contributed by atoms with Crippen LogP contribution < -0.4 is 4.74 Å². The summed E-state index contributed by atoms with van der Waals surface area (Å²) in [7, 11) is 0. The Morgan fingerprint density at radius 2 is 1.81 bits per heavy atom. The minimum Gasteiger partial charge on any atom is -0.442 e. The van der Waals surface area contributed by atoms with Crippen molar-refractivity contribution in [1.29, 1.82) is 0 Å². The maximum absolute atomic E-state index is 13.8. The number of para-hydroxylation sites is 1. The highest BCUT2D eigenvalue weighted by Crippen LogP contribution is 2.39. The minimum atomic E-state index is -1.03. The van der Waals surface area contributed by atoms with Gasteiger partial charge in [0, 0.05) is 11.9 Å². The van der Waals surface area contributed by atoms with Gasteiger partial charge >= 0.3 is 5.69 Å². The van der Waals surface area contributed by atoms with Gasteiger partial charge in [-0.15, -0.1) is 11.6 Å². The maximum atomic E-state index is 13.8. The fraction of sp³-hybridized carbons (Fsp3) is 0.0769. The van der Waals surface area contributed by atoms with Crippen molar-refractivity contribution in [3.05, 3.63) is 62.7 Å². The minimum absolute atomic E-state index is 0.0830. The molecule has 0 saturated carbocycles. The predicted molar refractivity (Wildman–Crippen MR) is 74.1 cm³/mol. The summed E-state index contributed by atoms with van der Waals surface area (Å²) in [5.41, 5.74) is -0.282. The smallest absolute Gasteiger partial charge is 0.313 e. The zero-order valence-corrected chi connectivity index (χ0v) is 11.8. The van der Waals surface area contributed by atoms with Crippen LogP contribution in [-0.4, -0.2) is 4.92 Å². The molecule has 0 heterocycles. The fourth-order valence-corrected chi connectivity index (χ4v) is 1.99. The maximum Gasteiger partial charge on any atom is 0.313 e. The predicted octanol–water partition coefficient (Wildman–Crippen LogP) is 5.06. The highest BCUT2D eigenvalue weighted by molar-refractivity contribution is 6.32. The average Bonchev–Trinajstić information content (AvgIpc) is 2.43. The number of halogens is 4. The first-order chi connectivity index (χ1) is 9.93. The van der Waals surface area contributed by atoms with E-state index < -0.39 is 33.7 Å². The van der Waals surface area contributed by atoms with Crippen LogP contribution in [0, 0.1) is 21.7 Å². The quantitative estimate of drug-likeness (QED) is 0.446. The molecule has 110 valence electrons. The Morgan fingerprint density at radius 3 is 2.33 bits per heavy atom. The standard InChI is InChI=1S/C13H7Cl2F2NO3/c14-6-7-4-9(16)13(10(17)5-7)21-12-8(15)2-1-3-11(12)18(19)20/h1-5H,6H2. The van der Waals surface area contributed by atoms with Crippen LogP contribution in [0.1, 0.15) is 5.56 Å². The third-order valence-electron chi connectivity index (χ3n) is 2.56. The van der Waals surface area contributed by atoms with Crippen LogP contribution in [-0.2, 0) is 5.88 Å². The highest BCUT2D eigenvalue weighted by atomic mass is 35.5. The molecule has 2 rings (SSSR count). The van der Waals surface area contributed by atoms with Crippen LogP contribution in [0.5, 0.6) is 11.5 Å². The highest BCUT2D eigenvalue weighted by Gasteiger charge is 2.22. The number of nitrogens with zero attached hydrogens (tertiary/aromatic N) is 1. The van der Waals surface area contributed by atoms with Gasteiger partial charge in [0.1, 0.15) is 0 Å². The van der Waals surface area contributed by atoms with Gasteiger partial charge in [-0.25, -0.2) is 8.78 Å². The monoisotopic (exact) mass is 333 g/mol. The van der Waals surface area contributed by atoms with Crippen molar-refractivity contribution in [3.63, 3.8) is 0 Å².